The molecule has 2 N–H and O–H groups in total. The van der Waals surface area contributed by atoms with Crippen LogP contribution in [0.3, 0.4) is 0 Å². The number of sulfonamides is 1. The van der Waals surface area contributed by atoms with Crippen molar-refractivity contribution in [1.82, 2.24) is 14.5 Å². The van der Waals surface area contributed by atoms with Crippen LogP contribution in [0.15, 0.2) is 29.2 Å². The monoisotopic (exact) mass is 434 g/mol. The third-order valence-electron chi connectivity index (χ3n) is 6.05. The molecule has 7 nitrogen and oxygen atoms in total. The minimum absolute atomic E-state index is 0.0424. The second kappa shape index (κ2) is 9.81. The molecule has 0 radical (unpaired) electrons. The lowest BCUT2D eigenvalue weighted by Gasteiger charge is -2.32. The molecule has 0 spiro atoms. The lowest BCUT2D eigenvalue weighted by molar-refractivity contribution is -0.121. The summed E-state index contributed by atoms with van der Waals surface area (Å²) in [5.41, 5.74) is 0.971. The summed E-state index contributed by atoms with van der Waals surface area (Å²) < 4.78 is 27.8. The number of hydrogen-bond donors (Lipinski definition) is 2. The van der Waals surface area contributed by atoms with Crippen molar-refractivity contribution < 1.29 is 13.2 Å². The van der Waals surface area contributed by atoms with E-state index in [1.54, 1.807) is 24.3 Å². The van der Waals surface area contributed by atoms with Gasteiger partial charge in [-0.15, -0.1) is 0 Å². The van der Waals surface area contributed by atoms with Gasteiger partial charge in [0.15, 0.2) is 0 Å². The Balaban J connectivity index is 1.66. The van der Waals surface area contributed by atoms with Gasteiger partial charge >= 0.3 is 0 Å². The summed E-state index contributed by atoms with van der Waals surface area (Å²) in [6, 6.07) is 6.84. The first-order valence-electron chi connectivity index (χ1n) is 11.1. The largest absolute Gasteiger partial charge is 0.356 e. The van der Waals surface area contributed by atoms with Crippen LogP contribution in [-0.2, 0) is 21.2 Å². The molecule has 1 heterocycles. The van der Waals surface area contributed by atoms with Gasteiger partial charge < -0.3 is 10.2 Å². The van der Waals surface area contributed by atoms with E-state index in [1.807, 2.05) is 18.7 Å². The van der Waals surface area contributed by atoms with Gasteiger partial charge in [-0.3, -0.25) is 10.2 Å². The number of carbonyl (C=O) groups excluding carboxylic acids is 1. The minimum atomic E-state index is -3.77. The van der Waals surface area contributed by atoms with Gasteiger partial charge in [-0.25, -0.2) is 12.7 Å². The summed E-state index contributed by atoms with van der Waals surface area (Å²) in [7, 11) is -3.77. The molecule has 1 atom stereocenters. The zero-order chi connectivity index (χ0) is 21.7. The lowest BCUT2D eigenvalue weighted by atomic mass is 9.94. The number of guanidine groups is 1. The van der Waals surface area contributed by atoms with Crippen LogP contribution in [-0.4, -0.2) is 54.7 Å². The lowest BCUT2D eigenvalue weighted by Crippen LogP contribution is -2.43. The van der Waals surface area contributed by atoms with Crippen molar-refractivity contribution in [3.05, 3.63) is 29.8 Å². The van der Waals surface area contributed by atoms with E-state index < -0.39 is 10.0 Å². The number of carbonyl (C=O) groups is 1. The minimum Gasteiger partial charge on any atom is -0.356 e. The van der Waals surface area contributed by atoms with Crippen molar-refractivity contribution in [2.24, 2.45) is 0 Å². The molecule has 0 aromatic heterocycles. The van der Waals surface area contributed by atoms with Gasteiger partial charge in [0.1, 0.15) is 0 Å². The van der Waals surface area contributed by atoms with Crippen LogP contribution in [0.5, 0.6) is 0 Å². The van der Waals surface area contributed by atoms with E-state index in [1.165, 1.54) is 10.7 Å². The Kier molecular flexibility index (Phi) is 7.39. The van der Waals surface area contributed by atoms with Crippen molar-refractivity contribution >= 4 is 21.9 Å². The number of nitrogens with one attached hydrogen (secondary N) is 2. The summed E-state index contributed by atoms with van der Waals surface area (Å²) in [5, 5.41) is 11.4. The number of rotatable bonds is 8. The molecule has 0 bridgehead atoms. The molecule has 1 amide bonds. The zero-order valence-corrected chi connectivity index (χ0v) is 18.9. The van der Waals surface area contributed by atoms with E-state index in [9.17, 15) is 13.2 Å². The molecule has 3 rings (SSSR count). The van der Waals surface area contributed by atoms with Crippen LogP contribution in [0, 0.1) is 5.41 Å². The zero-order valence-electron chi connectivity index (χ0n) is 18.1. The van der Waals surface area contributed by atoms with Gasteiger partial charge in [-0.1, -0.05) is 38.3 Å². The second-order valence-electron chi connectivity index (χ2n) is 8.41. The number of hydrogen-bond acceptors (Lipinski definition) is 4. The first kappa shape index (κ1) is 22.6. The number of amides is 1. The Hall–Kier alpha value is -2.09. The predicted octanol–water partition coefficient (Wildman–Crippen LogP) is 3.11. The Morgan fingerprint density at radius 3 is 2.47 bits per heavy atom. The summed E-state index contributed by atoms with van der Waals surface area (Å²) in [6.07, 6.45) is 7.59. The topological polar surface area (TPSA) is 93.6 Å². The molecule has 1 aliphatic heterocycles. The summed E-state index contributed by atoms with van der Waals surface area (Å²) in [5.74, 6) is 0.151. The van der Waals surface area contributed by atoms with Gasteiger partial charge in [-0.05, 0) is 50.3 Å². The highest BCUT2D eigenvalue weighted by molar-refractivity contribution is 7.89. The predicted molar refractivity (Wildman–Crippen MR) is 118 cm³/mol. The maximum atomic E-state index is 13.3. The normalized spacial score (nSPS) is 20.6. The molecule has 30 heavy (non-hydrogen) atoms. The molecular weight excluding hydrogens is 400 g/mol. The van der Waals surface area contributed by atoms with Gasteiger partial charge in [-0.2, -0.15) is 0 Å². The molecule has 1 aliphatic carbocycles. The first-order valence-corrected chi connectivity index (χ1v) is 12.5. The number of benzene rings is 1. The molecule has 1 aromatic rings. The maximum Gasteiger partial charge on any atom is 0.266 e. The molecule has 1 saturated heterocycles. The van der Waals surface area contributed by atoms with E-state index >= 15 is 0 Å². The van der Waals surface area contributed by atoms with E-state index in [-0.39, 0.29) is 28.8 Å². The Morgan fingerprint density at radius 1 is 1.17 bits per heavy atom. The first-order chi connectivity index (χ1) is 14.3. The van der Waals surface area contributed by atoms with E-state index in [4.69, 9.17) is 5.41 Å². The van der Waals surface area contributed by atoms with Gasteiger partial charge in [0.2, 0.25) is 11.9 Å². The average Bonchev–Trinajstić information content (AvgIpc) is 3.04. The summed E-state index contributed by atoms with van der Waals surface area (Å²) in [4.78, 5) is 13.7. The van der Waals surface area contributed by atoms with Crippen molar-refractivity contribution in [2.45, 2.75) is 82.2 Å². The van der Waals surface area contributed by atoms with Crippen LogP contribution in [0.4, 0.5) is 0 Å². The van der Waals surface area contributed by atoms with Crippen molar-refractivity contribution in [3.8, 4) is 0 Å². The third kappa shape index (κ3) is 4.96. The van der Waals surface area contributed by atoms with Crippen LogP contribution < -0.4 is 5.32 Å². The van der Waals surface area contributed by atoms with Crippen LogP contribution >= 0.6 is 0 Å². The number of nitrogens with zero attached hydrogens (tertiary/aromatic N) is 2. The molecule has 1 unspecified atom stereocenters. The highest BCUT2D eigenvalue weighted by atomic mass is 32.2. The van der Waals surface area contributed by atoms with Crippen LogP contribution in [0.2, 0.25) is 0 Å². The van der Waals surface area contributed by atoms with Crippen molar-refractivity contribution in [2.75, 3.05) is 13.1 Å². The quantitative estimate of drug-likeness (QED) is 0.657. The summed E-state index contributed by atoms with van der Waals surface area (Å²) in [6.45, 7) is 4.96. The van der Waals surface area contributed by atoms with Gasteiger partial charge in [0, 0.05) is 25.6 Å². The van der Waals surface area contributed by atoms with E-state index in [2.05, 4.69) is 5.32 Å². The molecular formula is C22H34N4O3S. The third-order valence-corrected chi connectivity index (χ3v) is 7.97. The van der Waals surface area contributed by atoms with Crippen LogP contribution in [0.25, 0.3) is 0 Å². The fraction of sp³-hybridized carbons (Fsp3) is 0.636. The van der Waals surface area contributed by atoms with Gasteiger partial charge in [0.25, 0.3) is 10.0 Å². The average molecular weight is 435 g/mol. The molecule has 8 heteroatoms. The molecule has 1 aromatic carbocycles. The van der Waals surface area contributed by atoms with Crippen molar-refractivity contribution in [3.63, 3.8) is 0 Å². The molecule has 2 aliphatic rings. The molecule has 166 valence electrons. The molecule has 1 saturated carbocycles. The van der Waals surface area contributed by atoms with E-state index in [0.29, 0.717) is 25.9 Å². The smallest absolute Gasteiger partial charge is 0.266 e. The second-order valence-corrected chi connectivity index (χ2v) is 10.2. The van der Waals surface area contributed by atoms with Gasteiger partial charge in [0.05, 0.1) is 10.9 Å². The fourth-order valence-corrected chi connectivity index (χ4v) is 6.03. The Morgan fingerprint density at radius 2 is 1.83 bits per heavy atom. The highest BCUT2D eigenvalue weighted by Gasteiger charge is 2.42. The highest BCUT2D eigenvalue weighted by Crippen LogP contribution is 2.31. The van der Waals surface area contributed by atoms with Crippen molar-refractivity contribution in [1.29, 1.82) is 5.41 Å². The fourth-order valence-electron chi connectivity index (χ4n) is 4.45. The Labute approximate surface area is 180 Å². The standard InChI is InChI=1S/C22H34N4O3S/c1-3-7-21(27)24-15-14-18-10-12-20(13-11-18)30(28,29)26-17(2)16-25(22(26)23)19-8-5-4-6-9-19/h10-13,17,19,23H,3-9,14-16H2,1-2H3,(H,24,27). The SMILES string of the molecule is CCCC(=O)NCCc1ccc(S(=O)(=O)N2C(=N)N(C3CCCCC3)CC2C)cc1. The maximum absolute atomic E-state index is 13.3. The summed E-state index contributed by atoms with van der Waals surface area (Å²) >= 11 is 0. The van der Waals surface area contributed by atoms with Crippen LogP contribution in [0.1, 0.15) is 64.4 Å². The Bertz CT molecular complexity index is 848. The van der Waals surface area contributed by atoms with E-state index in [0.717, 1.165) is 37.7 Å². The molecule has 2 fully saturated rings.